The zero-order chi connectivity index (χ0) is 13.7. The van der Waals surface area contributed by atoms with Crippen LogP contribution in [0, 0.1) is 0 Å². The van der Waals surface area contributed by atoms with Crippen molar-refractivity contribution in [2.45, 2.75) is 30.9 Å². The lowest BCUT2D eigenvalue weighted by atomic mass is 9.82. The number of nitrogens with one attached hydrogen (secondary N) is 1. The van der Waals surface area contributed by atoms with Crippen molar-refractivity contribution in [2.75, 3.05) is 27.4 Å². The van der Waals surface area contributed by atoms with Gasteiger partial charge in [-0.15, -0.1) is 0 Å². The molecule has 1 heterocycles. The molecule has 0 saturated carbocycles. The maximum absolute atomic E-state index is 5.88. The van der Waals surface area contributed by atoms with Crippen molar-refractivity contribution in [2.24, 2.45) is 0 Å². The summed E-state index contributed by atoms with van der Waals surface area (Å²) in [4.78, 5) is 0. The Morgan fingerprint density at radius 1 is 1.42 bits per heavy atom. The summed E-state index contributed by atoms with van der Waals surface area (Å²) in [6.07, 6.45) is 2.86. The fourth-order valence-corrected chi connectivity index (χ4v) is 3.31. The van der Waals surface area contributed by atoms with Crippen LogP contribution in [0.2, 0.25) is 0 Å². The molecule has 0 aliphatic carbocycles. The van der Waals surface area contributed by atoms with Gasteiger partial charge in [0.2, 0.25) is 0 Å². The van der Waals surface area contributed by atoms with Crippen molar-refractivity contribution in [1.29, 1.82) is 0 Å². The summed E-state index contributed by atoms with van der Waals surface area (Å²) in [7, 11) is 3.83. The van der Waals surface area contributed by atoms with Crippen molar-refractivity contribution in [3.63, 3.8) is 0 Å². The SMILES string of the molecule is CNC(Cc1cccc(Br)c1)C1(OC)CCOCC1. The number of benzene rings is 1. The normalized spacial score (nSPS) is 20.2. The second-order valence-electron chi connectivity index (χ2n) is 5.06. The van der Waals surface area contributed by atoms with E-state index in [1.165, 1.54) is 5.56 Å². The first kappa shape index (κ1) is 15.0. The second kappa shape index (κ2) is 6.84. The summed E-state index contributed by atoms with van der Waals surface area (Å²) in [5.41, 5.74) is 1.20. The summed E-state index contributed by atoms with van der Waals surface area (Å²) >= 11 is 3.53. The maximum Gasteiger partial charge on any atom is 0.0877 e. The van der Waals surface area contributed by atoms with E-state index in [1.807, 2.05) is 14.2 Å². The van der Waals surface area contributed by atoms with Crippen LogP contribution in [0.4, 0.5) is 0 Å². The van der Waals surface area contributed by atoms with Crippen LogP contribution in [0.1, 0.15) is 18.4 Å². The Morgan fingerprint density at radius 3 is 2.74 bits per heavy atom. The Hall–Kier alpha value is -0.420. The van der Waals surface area contributed by atoms with E-state index in [0.29, 0.717) is 6.04 Å². The third kappa shape index (κ3) is 3.57. The van der Waals surface area contributed by atoms with E-state index in [1.54, 1.807) is 0 Å². The molecule has 106 valence electrons. The third-order valence-electron chi connectivity index (χ3n) is 4.06. The van der Waals surface area contributed by atoms with Crippen molar-refractivity contribution < 1.29 is 9.47 Å². The van der Waals surface area contributed by atoms with E-state index >= 15 is 0 Å². The first-order chi connectivity index (χ1) is 9.20. The molecule has 0 radical (unpaired) electrons. The molecule has 1 atom stereocenters. The highest BCUT2D eigenvalue weighted by Crippen LogP contribution is 2.30. The smallest absolute Gasteiger partial charge is 0.0877 e. The molecule has 1 N–H and O–H groups in total. The second-order valence-corrected chi connectivity index (χ2v) is 5.97. The van der Waals surface area contributed by atoms with Crippen LogP contribution in [-0.2, 0) is 15.9 Å². The topological polar surface area (TPSA) is 30.5 Å². The van der Waals surface area contributed by atoms with E-state index < -0.39 is 0 Å². The molecule has 1 aromatic rings. The van der Waals surface area contributed by atoms with Gasteiger partial charge >= 0.3 is 0 Å². The summed E-state index contributed by atoms with van der Waals surface area (Å²) in [6, 6.07) is 8.77. The fraction of sp³-hybridized carbons (Fsp3) is 0.600. The highest BCUT2D eigenvalue weighted by molar-refractivity contribution is 9.10. The molecule has 0 bridgehead atoms. The first-order valence-corrected chi connectivity index (χ1v) is 7.54. The lowest BCUT2D eigenvalue weighted by Crippen LogP contribution is -2.55. The van der Waals surface area contributed by atoms with Crippen LogP contribution in [-0.4, -0.2) is 39.0 Å². The van der Waals surface area contributed by atoms with E-state index in [0.717, 1.165) is 36.9 Å². The average Bonchev–Trinajstić information content (AvgIpc) is 2.45. The van der Waals surface area contributed by atoms with E-state index in [4.69, 9.17) is 9.47 Å². The number of likely N-dealkylation sites (N-methyl/N-ethyl adjacent to an activating group) is 1. The molecule has 1 aliphatic rings. The number of halogens is 1. The van der Waals surface area contributed by atoms with Crippen molar-refractivity contribution in [3.8, 4) is 0 Å². The van der Waals surface area contributed by atoms with Gasteiger partial charge in [-0.25, -0.2) is 0 Å². The van der Waals surface area contributed by atoms with Gasteiger partial charge in [0.25, 0.3) is 0 Å². The monoisotopic (exact) mass is 327 g/mol. The van der Waals surface area contributed by atoms with Gasteiger partial charge in [0.1, 0.15) is 0 Å². The average molecular weight is 328 g/mol. The van der Waals surface area contributed by atoms with Crippen LogP contribution in [0.25, 0.3) is 0 Å². The summed E-state index contributed by atoms with van der Waals surface area (Å²) in [5.74, 6) is 0. The Balaban J connectivity index is 2.14. The molecular formula is C15H22BrNO2. The lowest BCUT2D eigenvalue weighted by molar-refractivity contribution is -0.109. The molecule has 4 heteroatoms. The zero-order valence-corrected chi connectivity index (χ0v) is 13.2. The van der Waals surface area contributed by atoms with Crippen LogP contribution < -0.4 is 5.32 Å². The molecule has 1 aromatic carbocycles. The molecule has 19 heavy (non-hydrogen) atoms. The highest BCUT2D eigenvalue weighted by Gasteiger charge is 2.39. The predicted octanol–water partition coefficient (Wildman–Crippen LogP) is 2.78. The minimum absolute atomic E-state index is 0.116. The number of ether oxygens (including phenoxy) is 2. The Kier molecular flexibility index (Phi) is 5.39. The van der Waals surface area contributed by atoms with Crippen LogP contribution in [0.3, 0.4) is 0 Å². The van der Waals surface area contributed by atoms with Crippen LogP contribution in [0.5, 0.6) is 0 Å². The molecular weight excluding hydrogens is 306 g/mol. The Morgan fingerprint density at radius 2 is 2.16 bits per heavy atom. The van der Waals surface area contributed by atoms with Gasteiger partial charge in [-0.3, -0.25) is 0 Å². The van der Waals surface area contributed by atoms with Crippen LogP contribution >= 0.6 is 15.9 Å². The van der Waals surface area contributed by atoms with Gasteiger partial charge < -0.3 is 14.8 Å². The fourth-order valence-electron chi connectivity index (χ4n) is 2.86. The molecule has 0 amide bonds. The summed E-state index contributed by atoms with van der Waals surface area (Å²) in [5, 5.41) is 3.44. The minimum Gasteiger partial charge on any atom is -0.381 e. The quantitative estimate of drug-likeness (QED) is 0.902. The lowest BCUT2D eigenvalue weighted by Gasteiger charge is -2.42. The van der Waals surface area contributed by atoms with Gasteiger partial charge in [-0.2, -0.15) is 0 Å². The van der Waals surface area contributed by atoms with E-state index in [-0.39, 0.29) is 5.60 Å². The number of hydrogen-bond donors (Lipinski definition) is 1. The van der Waals surface area contributed by atoms with Gasteiger partial charge in [-0.1, -0.05) is 28.1 Å². The Bertz CT molecular complexity index is 405. The number of hydrogen-bond acceptors (Lipinski definition) is 3. The minimum atomic E-state index is -0.116. The molecule has 1 aliphatic heterocycles. The molecule has 1 saturated heterocycles. The van der Waals surface area contributed by atoms with Crippen molar-refractivity contribution >= 4 is 15.9 Å². The van der Waals surface area contributed by atoms with Crippen molar-refractivity contribution in [3.05, 3.63) is 34.3 Å². The van der Waals surface area contributed by atoms with Crippen molar-refractivity contribution in [1.82, 2.24) is 5.32 Å². The summed E-state index contributed by atoms with van der Waals surface area (Å²) in [6.45, 7) is 1.56. The van der Waals surface area contributed by atoms with Gasteiger partial charge in [0.15, 0.2) is 0 Å². The highest BCUT2D eigenvalue weighted by atomic mass is 79.9. The first-order valence-electron chi connectivity index (χ1n) is 6.75. The maximum atomic E-state index is 5.88. The molecule has 2 rings (SSSR count). The molecule has 1 fully saturated rings. The van der Waals surface area contributed by atoms with Gasteiger partial charge in [-0.05, 0) is 31.2 Å². The predicted molar refractivity (Wildman–Crippen MR) is 80.5 cm³/mol. The standard InChI is InChI=1S/C15H22BrNO2/c1-17-14(11-12-4-3-5-13(16)10-12)15(18-2)6-8-19-9-7-15/h3-5,10,14,17H,6-9,11H2,1-2H3. The summed E-state index contributed by atoms with van der Waals surface area (Å²) < 4.78 is 12.5. The molecule has 1 unspecified atom stereocenters. The van der Waals surface area contributed by atoms with Gasteiger partial charge in [0, 0.05) is 43.7 Å². The third-order valence-corrected chi connectivity index (χ3v) is 4.55. The van der Waals surface area contributed by atoms with Gasteiger partial charge in [0.05, 0.1) is 5.60 Å². The van der Waals surface area contributed by atoms with Crippen LogP contribution in [0.15, 0.2) is 28.7 Å². The molecule has 3 nitrogen and oxygen atoms in total. The van der Waals surface area contributed by atoms with E-state index in [9.17, 15) is 0 Å². The van der Waals surface area contributed by atoms with E-state index in [2.05, 4.69) is 45.5 Å². The molecule has 0 aromatic heterocycles. The number of methoxy groups -OCH3 is 1. The molecule has 0 spiro atoms. The largest absolute Gasteiger partial charge is 0.381 e. The number of rotatable bonds is 5. The Labute approximate surface area is 123 Å². The zero-order valence-electron chi connectivity index (χ0n) is 11.6.